The summed E-state index contributed by atoms with van der Waals surface area (Å²) in [6, 6.07) is 0.724. The molecule has 1 aliphatic carbocycles. The third-order valence-corrected chi connectivity index (χ3v) is 2.24. The van der Waals surface area contributed by atoms with Crippen LogP contribution in [0.2, 0.25) is 0 Å². The fourth-order valence-corrected chi connectivity index (χ4v) is 1.51. The van der Waals surface area contributed by atoms with E-state index in [9.17, 15) is 0 Å². The van der Waals surface area contributed by atoms with E-state index < -0.39 is 0 Å². The van der Waals surface area contributed by atoms with Gasteiger partial charge in [-0.25, -0.2) is 4.98 Å². The maximum Gasteiger partial charge on any atom is 0.121 e. The van der Waals surface area contributed by atoms with Gasteiger partial charge in [0.1, 0.15) is 5.82 Å². The molecule has 2 nitrogen and oxygen atoms in total. The molecule has 60 valence electrons. The highest BCUT2D eigenvalue weighted by Gasteiger charge is 2.26. The van der Waals surface area contributed by atoms with Gasteiger partial charge in [-0.05, 0) is 19.8 Å². The van der Waals surface area contributed by atoms with Gasteiger partial charge in [0.25, 0.3) is 0 Å². The Hall–Kier alpha value is -0.440. The average Bonchev–Trinajstić information content (AvgIpc) is 2.68. The quantitative estimate of drug-likeness (QED) is 0.670. The Bertz CT molecular complexity index is 234. The SMILES string of the molecule is C[C@H](S)c1nccn1C1CC1. The van der Waals surface area contributed by atoms with Crippen LogP contribution in [0.15, 0.2) is 12.4 Å². The molecule has 1 heterocycles. The Balaban J connectivity index is 2.30. The standard InChI is InChI=1S/C8H12N2S/c1-6(11)8-9-4-5-10(8)7-2-3-7/h4-7,11H,2-3H2,1H3/t6-/m0/s1. The summed E-state index contributed by atoms with van der Waals surface area (Å²) in [5.74, 6) is 1.11. The Morgan fingerprint density at radius 2 is 2.45 bits per heavy atom. The van der Waals surface area contributed by atoms with Crippen molar-refractivity contribution in [3.63, 3.8) is 0 Å². The van der Waals surface area contributed by atoms with Gasteiger partial charge in [-0.3, -0.25) is 0 Å². The molecule has 1 fully saturated rings. The summed E-state index contributed by atoms with van der Waals surface area (Å²) in [6.45, 7) is 2.06. The van der Waals surface area contributed by atoms with Crippen LogP contribution >= 0.6 is 12.6 Å². The minimum absolute atomic E-state index is 0.255. The van der Waals surface area contributed by atoms with Gasteiger partial charge in [-0.1, -0.05) is 0 Å². The number of imidazole rings is 1. The van der Waals surface area contributed by atoms with Gasteiger partial charge in [0.2, 0.25) is 0 Å². The molecule has 3 heteroatoms. The second-order valence-electron chi connectivity index (χ2n) is 3.10. The molecule has 0 aromatic carbocycles. The first-order valence-corrected chi connectivity index (χ1v) is 4.51. The van der Waals surface area contributed by atoms with Crippen LogP contribution in [0.5, 0.6) is 0 Å². The largest absolute Gasteiger partial charge is 0.331 e. The molecule has 0 radical (unpaired) electrons. The maximum atomic E-state index is 4.36. The molecule has 1 saturated carbocycles. The number of nitrogens with zero attached hydrogens (tertiary/aromatic N) is 2. The summed E-state index contributed by atoms with van der Waals surface area (Å²) in [5, 5.41) is 0.255. The number of aromatic nitrogens is 2. The van der Waals surface area contributed by atoms with Crippen LogP contribution in [-0.2, 0) is 0 Å². The lowest BCUT2D eigenvalue weighted by atomic mass is 10.4. The first kappa shape index (κ1) is 7.22. The average molecular weight is 168 g/mol. The van der Waals surface area contributed by atoms with Crippen molar-refractivity contribution in [3.8, 4) is 0 Å². The lowest BCUT2D eigenvalue weighted by Crippen LogP contribution is -2.00. The van der Waals surface area contributed by atoms with Gasteiger partial charge in [0.15, 0.2) is 0 Å². The molecule has 1 aliphatic rings. The lowest BCUT2D eigenvalue weighted by molar-refractivity contribution is 0.684. The van der Waals surface area contributed by atoms with Crippen molar-refractivity contribution in [2.45, 2.75) is 31.1 Å². The van der Waals surface area contributed by atoms with E-state index in [-0.39, 0.29) is 5.25 Å². The van der Waals surface area contributed by atoms with Gasteiger partial charge in [-0.2, -0.15) is 12.6 Å². The highest BCUT2D eigenvalue weighted by atomic mass is 32.1. The Morgan fingerprint density at radius 3 is 3.00 bits per heavy atom. The zero-order chi connectivity index (χ0) is 7.84. The predicted molar refractivity (Wildman–Crippen MR) is 47.9 cm³/mol. The third kappa shape index (κ3) is 1.29. The van der Waals surface area contributed by atoms with Gasteiger partial charge < -0.3 is 4.57 Å². The Kier molecular flexibility index (Phi) is 1.68. The van der Waals surface area contributed by atoms with Crippen molar-refractivity contribution >= 4 is 12.6 Å². The van der Waals surface area contributed by atoms with Crippen LogP contribution in [0.3, 0.4) is 0 Å². The molecule has 0 unspecified atom stereocenters. The molecule has 0 saturated heterocycles. The molecule has 0 bridgehead atoms. The van der Waals surface area contributed by atoms with Crippen molar-refractivity contribution in [3.05, 3.63) is 18.2 Å². The minimum Gasteiger partial charge on any atom is -0.331 e. The van der Waals surface area contributed by atoms with E-state index in [4.69, 9.17) is 0 Å². The smallest absolute Gasteiger partial charge is 0.121 e. The predicted octanol–water partition coefficient (Wildman–Crippen LogP) is 2.21. The third-order valence-electron chi connectivity index (χ3n) is 2.01. The van der Waals surface area contributed by atoms with Crippen molar-refractivity contribution in [2.24, 2.45) is 0 Å². The van der Waals surface area contributed by atoms with E-state index in [0.717, 1.165) is 11.9 Å². The second kappa shape index (κ2) is 2.55. The van der Waals surface area contributed by atoms with E-state index in [1.165, 1.54) is 12.8 Å². The molecule has 0 N–H and O–H groups in total. The summed E-state index contributed by atoms with van der Waals surface area (Å²) in [4.78, 5) is 4.26. The first-order chi connectivity index (χ1) is 5.29. The number of thiol groups is 1. The molecule has 11 heavy (non-hydrogen) atoms. The van der Waals surface area contributed by atoms with Crippen molar-refractivity contribution in [2.75, 3.05) is 0 Å². The highest BCUT2D eigenvalue weighted by Crippen LogP contribution is 2.37. The van der Waals surface area contributed by atoms with E-state index >= 15 is 0 Å². The summed E-state index contributed by atoms with van der Waals surface area (Å²) in [5.41, 5.74) is 0. The van der Waals surface area contributed by atoms with Crippen LogP contribution in [0.1, 0.15) is 36.9 Å². The van der Waals surface area contributed by atoms with Crippen molar-refractivity contribution in [1.29, 1.82) is 0 Å². The zero-order valence-corrected chi connectivity index (χ0v) is 7.46. The molecule has 1 atom stereocenters. The van der Waals surface area contributed by atoms with Crippen molar-refractivity contribution in [1.82, 2.24) is 9.55 Å². The van der Waals surface area contributed by atoms with Crippen LogP contribution < -0.4 is 0 Å². The highest BCUT2D eigenvalue weighted by molar-refractivity contribution is 7.80. The summed E-state index contributed by atoms with van der Waals surface area (Å²) >= 11 is 4.36. The molecular formula is C8H12N2S. The zero-order valence-electron chi connectivity index (χ0n) is 6.57. The van der Waals surface area contributed by atoms with Gasteiger partial charge in [0, 0.05) is 18.4 Å². The van der Waals surface area contributed by atoms with Crippen LogP contribution in [0.25, 0.3) is 0 Å². The Morgan fingerprint density at radius 1 is 1.73 bits per heavy atom. The molecular weight excluding hydrogens is 156 g/mol. The lowest BCUT2D eigenvalue weighted by Gasteiger charge is -2.07. The fourth-order valence-electron chi connectivity index (χ4n) is 1.31. The van der Waals surface area contributed by atoms with Gasteiger partial charge in [0.05, 0.1) is 5.25 Å². The second-order valence-corrected chi connectivity index (χ2v) is 3.87. The van der Waals surface area contributed by atoms with E-state index in [2.05, 4.69) is 35.3 Å². The monoisotopic (exact) mass is 168 g/mol. The van der Waals surface area contributed by atoms with Crippen LogP contribution in [0.4, 0.5) is 0 Å². The topological polar surface area (TPSA) is 17.8 Å². The van der Waals surface area contributed by atoms with E-state index in [1.807, 2.05) is 6.20 Å². The molecule has 2 rings (SSSR count). The van der Waals surface area contributed by atoms with Crippen molar-refractivity contribution < 1.29 is 0 Å². The molecule has 1 aromatic heterocycles. The van der Waals surface area contributed by atoms with Crippen LogP contribution in [-0.4, -0.2) is 9.55 Å². The number of rotatable bonds is 2. The summed E-state index contributed by atoms with van der Waals surface area (Å²) in [6.07, 6.45) is 6.54. The van der Waals surface area contributed by atoms with Gasteiger partial charge in [-0.15, -0.1) is 0 Å². The maximum absolute atomic E-state index is 4.36. The van der Waals surface area contributed by atoms with Crippen LogP contribution in [0, 0.1) is 0 Å². The summed E-state index contributed by atoms with van der Waals surface area (Å²) in [7, 11) is 0. The fraction of sp³-hybridized carbons (Fsp3) is 0.625. The molecule has 0 amide bonds. The first-order valence-electron chi connectivity index (χ1n) is 4.00. The Labute approximate surface area is 72.0 Å². The van der Waals surface area contributed by atoms with Gasteiger partial charge >= 0.3 is 0 Å². The summed E-state index contributed by atoms with van der Waals surface area (Å²) < 4.78 is 2.25. The normalized spacial score (nSPS) is 20.2. The molecule has 0 spiro atoms. The minimum atomic E-state index is 0.255. The number of hydrogen-bond acceptors (Lipinski definition) is 2. The molecule has 1 aromatic rings. The van der Waals surface area contributed by atoms with E-state index in [0.29, 0.717) is 0 Å². The van der Waals surface area contributed by atoms with E-state index in [1.54, 1.807) is 0 Å². The molecule has 0 aliphatic heterocycles. The number of hydrogen-bond donors (Lipinski definition) is 1.